The first-order chi connectivity index (χ1) is 9.56. The van der Waals surface area contributed by atoms with Gasteiger partial charge in [-0.25, -0.2) is 0 Å². The molecule has 1 aromatic carbocycles. The van der Waals surface area contributed by atoms with Crippen LogP contribution in [-0.2, 0) is 0 Å². The minimum atomic E-state index is -0.434. The van der Waals surface area contributed by atoms with Gasteiger partial charge in [0.25, 0.3) is 5.69 Å². The van der Waals surface area contributed by atoms with Crippen molar-refractivity contribution in [1.29, 1.82) is 5.26 Å². The van der Waals surface area contributed by atoms with Crippen LogP contribution in [-0.4, -0.2) is 23.3 Å². The van der Waals surface area contributed by atoms with Crippen molar-refractivity contribution in [3.8, 4) is 6.07 Å². The second-order valence-corrected chi connectivity index (χ2v) is 5.67. The SMILES string of the molecule is CCC(C#N)(CCCSc1ccc([N+](=O)[O-])cc1)NC. The summed E-state index contributed by atoms with van der Waals surface area (Å²) in [6.45, 7) is 2.00. The summed E-state index contributed by atoms with van der Waals surface area (Å²) in [6.07, 6.45) is 2.50. The van der Waals surface area contributed by atoms with E-state index in [9.17, 15) is 15.4 Å². The summed E-state index contributed by atoms with van der Waals surface area (Å²) < 4.78 is 0. The summed E-state index contributed by atoms with van der Waals surface area (Å²) in [5.41, 5.74) is -0.324. The number of nitrogens with zero attached hydrogens (tertiary/aromatic N) is 2. The van der Waals surface area contributed by atoms with Crippen LogP contribution in [0.25, 0.3) is 0 Å². The number of nitro benzene ring substituents is 1. The van der Waals surface area contributed by atoms with Crippen molar-refractivity contribution in [2.75, 3.05) is 12.8 Å². The van der Waals surface area contributed by atoms with Crippen LogP contribution in [0, 0.1) is 21.4 Å². The molecule has 0 saturated heterocycles. The fourth-order valence-electron chi connectivity index (χ4n) is 1.90. The fourth-order valence-corrected chi connectivity index (χ4v) is 2.75. The zero-order valence-corrected chi connectivity index (χ0v) is 12.6. The number of thioether (sulfide) groups is 1. The second kappa shape index (κ2) is 7.88. The first-order valence-electron chi connectivity index (χ1n) is 6.54. The van der Waals surface area contributed by atoms with Gasteiger partial charge in [-0.15, -0.1) is 11.8 Å². The average molecular weight is 293 g/mol. The molecule has 5 nitrogen and oxygen atoms in total. The molecular weight excluding hydrogens is 274 g/mol. The summed E-state index contributed by atoms with van der Waals surface area (Å²) in [5, 5.41) is 22.8. The van der Waals surface area contributed by atoms with Gasteiger partial charge in [-0.3, -0.25) is 10.1 Å². The van der Waals surface area contributed by atoms with Gasteiger partial charge in [-0.05, 0) is 44.2 Å². The minimum absolute atomic E-state index is 0.110. The maximum atomic E-state index is 10.5. The lowest BCUT2D eigenvalue weighted by Crippen LogP contribution is -2.40. The maximum absolute atomic E-state index is 10.5. The lowest BCUT2D eigenvalue weighted by atomic mass is 9.93. The smallest absolute Gasteiger partial charge is 0.269 e. The molecule has 1 rings (SSSR count). The van der Waals surface area contributed by atoms with E-state index in [2.05, 4.69) is 11.4 Å². The van der Waals surface area contributed by atoms with E-state index in [1.165, 1.54) is 12.1 Å². The first kappa shape index (κ1) is 16.5. The highest BCUT2D eigenvalue weighted by Gasteiger charge is 2.24. The zero-order chi connectivity index (χ0) is 15.0. The molecule has 20 heavy (non-hydrogen) atoms. The molecule has 0 spiro atoms. The number of rotatable bonds is 8. The third-order valence-electron chi connectivity index (χ3n) is 3.36. The van der Waals surface area contributed by atoms with E-state index < -0.39 is 10.5 Å². The second-order valence-electron chi connectivity index (χ2n) is 4.50. The van der Waals surface area contributed by atoms with Gasteiger partial charge in [-0.1, -0.05) is 6.92 Å². The van der Waals surface area contributed by atoms with Crippen LogP contribution >= 0.6 is 11.8 Å². The highest BCUT2D eigenvalue weighted by atomic mass is 32.2. The van der Waals surface area contributed by atoms with E-state index in [-0.39, 0.29) is 5.69 Å². The van der Waals surface area contributed by atoms with Crippen molar-refractivity contribution in [1.82, 2.24) is 5.32 Å². The largest absolute Gasteiger partial charge is 0.302 e. The molecule has 0 aliphatic rings. The number of hydrogen-bond donors (Lipinski definition) is 1. The third kappa shape index (κ3) is 4.51. The minimum Gasteiger partial charge on any atom is -0.302 e. The van der Waals surface area contributed by atoms with Crippen LogP contribution in [0.1, 0.15) is 26.2 Å². The molecule has 0 aliphatic carbocycles. The van der Waals surface area contributed by atoms with Gasteiger partial charge in [0, 0.05) is 17.0 Å². The average Bonchev–Trinajstić information content (AvgIpc) is 2.49. The van der Waals surface area contributed by atoms with Crippen molar-refractivity contribution < 1.29 is 4.92 Å². The summed E-state index contributed by atoms with van der Waals surface area (Å²) >= 11 is 1.65. The van der Waals surface area contributed by atoms with Crippen molar-refractivity contribution in [3.63, 3.8) is 0 Å². The molecular formula is C14H19N3O2S. The predicted molar refractivity (Wildman–Crippen MR) is 80.7 cm³/mol. The molecule has 1 atom stereocenters. The molecule has 1 N–H and O–H groups in total. The monoisotopic (exact) mass is 293 g/mol. The number of nitro groups is 1. The molecule has 0 saturated carbocycles. The Kier molecular flexibility index (Phi) is 6.49. The highest BCUT2D eigenvalue weighted by molar-refractivity contribution is 7.99. The molecule has 0 radical (unpaired) electrons. The van der Waals surface area contributed by atoms with Gasteiger partial charge in [0.05, 0.1) is 11.0 Å². The van der Waals surface area contributed by atoms with Crippen LogP contribution in [0.5, 0.6) is 0 Å². The molecule has 0 aromatic heterocycles. The Labute approximate surface area is 123 Å². The number of nitrogens with one attached hydrogen (secondary N) is 1. The predicted octanol–water partition coefficient (Wildman–Crippen LogP) is 3.36. The van der Waals surface area contributed by atoms with E-state index in [0.29, 0.717) is 0 Å². The number of non-ortho nitro benzene ring substituents is 1. The summed E-state index contributed by atoms with van der Waals surface area (Å²) in [7, 11) is 1.82. The van der Waals surface area contributed by atoms with Crippen molar-refractivity contribution in [3.05, 3.63) is 34.4 Å². The van der Waals surface area contributed by atoms with E-state index in [0.717, 1.165) is 29.9 Å². The molecule has 0 amide bonds. The normalized spacial score (nSPS) is 13.4. The van der Waals surface area contributed by atoms with Crippen molar-refractivity contribution >= 4 is 17.4 Å². The van der Waals surface area contributed by atoms with Gasteiger partial charge in [-0.2, -0.15) is 5.26 Å². The number of hydrogen-bond acceptors (Lipinski definition) is 5. The molecule has 6 heteroatoms. The topological polar surface area (TPSA) is 79.0 Å². The first-order valence-corrected chi connectivity index (χ1v) is 7.53. The summed E-state index contributed by atoms with van der Waals surface area (Å²) in [6, 6.07) is 8.89. The lowest BCUT2D eigenvalue weighted by molar-refractivity contribution is -0.384. The Morgan fingerprint density at radius 3 is 2.55 bits per heavy atom. The third-order valence-corrected chi connectivity index (χ3v) is 4.46. The quantitative estimate of drug-likeness (QED) is 0.344. The molecule has 0 aliphatic heterocycles. The molecule has 0 fully saturated rings. The lowest BCUT2D eigenvalue weighted by Gasteiger charge is -2.24. The van der Waals surface area contributed by atoms with Crippen LogP contribution < -0.4 is 5.32 Å². The molecule has 1 unspecified atom stereocenters. The van der Waals surface area contributed by atoms with Crippen LogP contribution in [0.4, 0.5) is 5.69 Å². The Morgan fingerprint density at radius 2 is 2.10 bits per heavy atom. The van der Waals surface area contributed by atoms with E-state index >= 15 is 0 Å². The van der Waals surface area contributed by atoms with Crippen molar-refractivity contribution in [2.45, 2.75) is 36.6 Å². The maximum Gasteiger partial charge on any atom is 0.269 e. The van der Waals surface area contributed by atoms with Crippen LogP contribution in [0.2, 0.25) is 0 Å². The Hall–Kier alpha value is -1.58. The molecule has 108 valence electrons. The standard InChI is InChI=1S/C14H19N3O2S/c1-3-14(11-15,16-2)9-4-10-20-13-7-5-12(6-8-13)17(18)19/h5-8,16H,3-4,9-10H2,1-2H3. The number of benzene rings is 1. The Morgan fingerprint density at radius 1 is 1.45 bits per heavy atom. The Bertz CT molecular complexity index is 478. The van der Waals surface area contributed by atoms with Crippen LogP contribution in [0.15, 0.2) is 29.2 Å². The van der Waals surface area contributed by atoms with Crippen LogP contribution in [0.3, 0.4) is 0 Å². The zero-order valence-electron chi connectivity index (χ0n) is 11.8. The fraction of sp³-hybridized carbons (Fsp3) is 0.500. The highest BCUT2D eigenvalue weighted by Crippen LogP contribution is 2.24. The number of nitriles is 1. The van der Waals surface area contributed by atoms with Gasteiger partial charge < -0.3 is 5.32 Å². The van der Waals surface area contributed by atoms with Gasteiger partial charge in [0.2, 0.25) is 0 Å². The Balaban J connectivity index is 2.41. The van der Waals surface area contributed by atoms with Crippen molar-refractivity contribution in [2.24, 2.45) is 0 Å². The molecule has 0 bridgehead atoms. The summed E-state index contributed by atoms with van der Waals surface area (Å²) in [5.74, 6) is 0.892. The van der Waals surface area contributed by atoms with Gasteiger partial charge in [0.1, 0.15) is 5.54 Å². The molecule has 1 aromatic rings. The molecule has 0 heterocycles. The van der Waals surface area contributed by atoms with Gasteiger partial charge in [0.15, 0.2) is 0 Å². The van der Waals surface area contributed by atoms with E-state index in [1.54, 1.807) is 23.9 Å². The summed E-state index contributed by atoms with van der Waals surface area (Å²) in [4.78, 5) is 11.2. The van der Waals surface area contributed by atoms with E-state index in [4.69, 9.17) is 0 Å². The van der Waals surface area contributed by atoms with E-state index in [1.807, 2.05) is 14.0 Å². The van der Waals surface area contributed by atoms with Gasteiger partial charge >= 0.3 is 0 Å².